The van der Waals surface area contributed by atoms with E-state index in [0.717, 1.165) is 35.6 Å². The van der Waals surface area contributed by atoms with Gasteiger partial charge >= 0.3 is 0 Å². The third-order valence-corrected chi connectivity index (χ3v) is 2.84. The lowest BCUT2D eigenvalue weighted by molar-refractivity contribution is 0.387. The van der Waals surface area contributed by atoms with Gasteiger partial charge in [0.1, 0.15) is 0 Å². The number of nitrogens with two attached hydrogens (primary N) is 1. The molecule has 0 aliphatic rings. The standard InChI is InChI=1S/C15H23N3/c1-6-15(17-18(7-2)11(3)4)13-10-12(5)8-9-14(13)16/h8-10H,3,6-7,16H2,1-2,4-5H3/b17-15+. The maximum Gasteiger partial charge on any atom is 0.0699 e. The van der Waals surface area contributed by atoms with Crippen LogP contribution in [0.4, 0.5) is 5.69 Å². The van der Waals surface area contributed by atoms with E-state index in [1.807, 2.05) is 24.1 Å². The molecule has 3 heteroatoms. The van der Waals surface area contributed by atoms with Crippen LogP contribution in [0.3, 0.4) is 0 Å². The number of anilines is 1. The van der Waals surface area contributed by atoms with E-state index in [1.54, 1.807) is 0 Å². The molecule has 0 heterocycles. The summed E-state index contributed by atoms with van der Waals surface area (Å²) >= 11 is 0. The van der Waals surface area contributed by atoms with E-state index < -0.39 is 0 Å². The molecule has 3 nitrogen and oxygen atoms in total. The van der Waals surface area contributed by atoms with Crippen molar-refractivity contribution in [2.24, 2.45) is 5.10 Å². The van der Waals surface area contributed by atoms with Crippen LogP contribution in [-0.4, -0.2) is 17.3 Å². The van der Waals surface area contributed by atoms with Crippen molar-refractivity contribution < 1.29 is 0 Å². The van der Waals surface area contributed by atoms with Gasteiger partial charge in [-0.25, -0.2) is 0 Å². The largest absolute Gasteiger partial charge is 0.398 e. The molecule has 0 atom stereocenters. The molecule has 0 spiro atoms. The summed E-state index contributed by atoms with van der Waals surface area (Å²) in [6.45, 7) is 12.9. The lowest BCUT2D eigenvalue weighted by atomic mass is 10.0. The van der Waals surface area contributed by atoms with Gasteiger partial charge in [0, 0.05) is 23.5 Å². The highest BCUT2D eigenvalue weighted by atomic mass is 15.5. The third-order valence-electron chi connectivity index (χ3n) is 2.84. The first-order valence-electron chi connectivity index (χ1n) is 6.36. The highest BCUT2D eigenvalue weighted by molar-refractivity contribution is 6.04. The summed E-state index contributed by atoms with van der Waals surface area (Å²) in [5, 5.41) is 6.56. The monoisotopic (exact) mass is 245 g/mol. The van der Waals surface area contributed by atoms with Gasteiger partial charge in [-0.05, 0) is 39.3 Å². The van der Waals surface area contributed by atoms with Gasteiger partial charge in [-0.3, -0.25) is 5.01 Å². The van der Waals surface area contributed by atoms with Crippen LogP contribution in [0.1, 0.15) is 38.3 Å². The third kappa shape index (κ3) is 3.36. The molecule has 0 amide bonds. The Morgan fingerprint density at radius 1 is 1.39 bits per heavy atom. The summed E-state index contributed by atoms with van der Waals surface area (Å²) in [6.07, 6.45) is 0.845. The molecule has 98 valence electrons. The van der Waals surface area contributed by atoms with Crippen LogP contribution < -0.4 is 5.73 Å². The predicted octanol–water partition coefficient (Wildman–Crippen LogP) is 3.55. The number of hydrogen-bond acceptors (Lipinski definition) is 3. The van der Waals surface area contributed by atoms with Gasteiger partial charge in [0.25, 0.3) is 0 Å². The number of benzene rings is 1. The molecule has 1 rings (SSSR count). The minimum absolute atomic E-state index is 0.777. The van der Waals surface area contributed by atoms with Gasteiger partial charge in [0.2, 0.25) is 0 Å². The minimum atomic E-state index is 0.777. The van der Waals surface area contributed by atoms with E-state index in [9.17, 15) is 0 Å². The second kappa shape index (κ2) is 6.24. The number of hydrogen-bond donors (Lipinski definition) is 1. The summed E-state index contributed by atoms with van der Waals surface area (Å²) < 4.78 is 0. The summed E-state index contributed by atoms with van der Waals surface area (Å²) in [7, 11) is 0. The molecule has 0 aliphatic carbocycles. The van der Waals surface area contributed by atoms with Crippen LogP contribution in [0, 0.1) is 6.92 Å². The van der Waals surface area contributed by atoms with Crippen LogP contribution in [0.5, 0.6) is 0 Å². The van der Waals surface area contributed by atoms with Crippen molar-refractivity contribution in [1.82, 2.24) is 5.01 Å². The molecule has 0 bridgehead atoms. The first-order valence-corrected chi connectivity index (χ1v) is 6.36. The van der Waals surface area contributed by atoms with Crippen molar-refractivity contribution >= 4 is 11.4 Å². The molecule has 0 saturated heterocycles. The van der Waals surface area contributed by atoms with Crippen molar-refractivity contribution in [3.8, 4) is 0 Å². The lowest BCUT2D eigenvalue weighted by Crippen LogP contribution is -2.17. The molecule has 0 saturated carbocycles. The average Bonchev–Trinajstić information content (AvgIpc) is 2.34. The molecule has 0 aliphatic heterocycles. The fourth-order valence-corrected chi connectivity index (χ4v) is 1.81. The number of nitrogens with zero attached hydrogens (tertiary/aromatic N) is 2. The van der Waals surface area contributed by atoms with E-state index in [4.69, 9.17) is 5.73 Å². The molecule has 0 radical (unpaired) electrons. The van der Waals surface area contributed by atoms with Crippen LogP contribution in [0.15, 0.2) is 35.6 Å². The average molecular weight is 245 g/mol. The predicted molar refractivity (Wildman–Crippen MR) is 79.6 cm³/mol. The zero-order chi connectivity index (χ0) is 13.7. The number of hydrazone groups is 1. The van der Waals surface area contributed by atoms with Gasteiger partial charge in [0.15, 0.2) is 0 Å². The Kier molecular flexibility index (Phi) is 4.95. The molecule has 0 aromatic heterocycles. The van der Waals surface area contributed by atoms with Gasteiger partial charge in [-0.15, -0.1) is 0 Å². The first-order chi connectivity index (χ1) is 8.49. The van der Waals surface area contributed by atoms with Gasteiger partial charge in [-0.2, -0.15) is 5.10 Å². The number of nitrogen functional groups attached to an aromatic ring is 1. The van der Waals surface area contributed by atoms with Crippen molar-refractivity contribution in [2.75, 3.05) is 12.3 Å². The Labute approximate surface area is 110 Å². The fourth-order valence-electron chi connectivity index (χ4n) is 1.81. The SMILES string of the molecule is C=C(C)N(CC)/N=C(\CC)c1cc(C)ccc1N. The summed E-state index contributed by atoms with van der Waals surface area (Å²) in [5.74, 6) is 0. The van der Waals surface area contributed by atoms with E-state index >= 15 is 0 Å². The topological polar surface area (TPSA) is 41.6 Å². The van der Waals surface area contributed by atoms with Crippen LogP contribution >= 0.6 is 0 Å². The Bertz CT molecular complexity index is 461. The van der Waals surface area contributed by atoms with Crippen molar-refractivity contribution in [1.29, 1.82) is 0 Å². The molecule has 2 N–H and O–H groups in total. The Balaban J connectivity index is 3.20. The molecule has 18 heavy (non-hydrogen) atoms. The van der Waals surface area contributed by atoms with E-state index in [0.29, 0.717) is 0 Å². The lowest BCUT2D eigenvalue weighted by Gasteiger charge is -2.19. The van der Waals surface area contributed by atoms with Crippen LogP contribution in [-0.2, 0) is 0 Å². The molecule has 1 aromatic carbocycles. The quantitative estimate of drug-likeness (QED) is 0.489. The summed E-state index contributed by atoms with van der Waals surface area (Å²) in [5.41, 5.74) is 11.0. The Morgan fingerprint density at radius 2 is 2.06 bits per heavy atom. The highest BCUT2D eigenvalue weighted by Crippen LogP contribution is 2.17. The van der Waals surface area contributed by atoms with Crippen molar-refractivity contribution in [3.05, 3.63) is 41.6 Å². The summed E-state index contributed by atoms with van der Waals surface area (Å²) in [4.78, 5) is 0. The molecular weight excluding hydrogens is 222 g/mol. The molecule has 0 unspecified atom stereocenters. The number of aryl methyl sites for hydroxylation is 1. The number of allylic oxidation sites excluding steroid dienone is 1. The van der Waals surface area contributed by atoms with Crippen LogP contribution in [0.2, 0.25) is 0 Å². The normalized spacial score (nSPS) is 11.4. The van der Waals surface area contributed by atoms with E-state index in [1.165, 1.54) is 5.56 Å². The zero-order valence-corrected chi connectivity index (χ0v) is 11.8. The van der Waals surface area contributed by atoms with Gasteiger partial charge in [0.05, 0.1) is 5.71 Å². The minimum Gasteiger partial charge on any atom is -0.398 e. The molecule has 0 fully saturated rings. The van der Waals surface area contributed by atoms with Crippen molar-refractivity contribution in [2.45, 2.75) is 34.1 Å². The first kappa shape index (κ1) is 14.3. The highest BCUT2D eigenvalue weighted by Gasteiger charge is 2.08. The van der Waals surface area contributed by atoms with Gasteiger partial charge in [-0.1, -0.05) is 25.1 Å². The van der Waals surface area contributed by atoms with Crippen LogP contribution in [0.25, 0.3) is 0 Å². The Morgan fingerprint density at radius 3 is 2.56 bits per heavy atom. The second-order valence-electron chi connectivity index (χ2n) is 4.44. The van der Waals surface area contributed by atoms with Crippen molar-refractivity contribution in [3.63, 3.8) is 0 Å². The maximum absolute atomic E-state index is 6.04. The number of rotatable bonds is 5. The molecular formula is C15H23N3. The van der Waals surface area contributed by atoms with E-state index in [2.05, 4.69) is 38.5 Å². The molecule has 1 aromatic rings. The fraction of sp³-hybridized carbons (Fsp3) is 0.400. The van der Waals surface area contributed by atoms with Gasteiger partial charge < -0.3 is 5.73 Å². The smallest absolute Gasteiger partial charge is 0.0699 e. The summed E-state index contributed by atoms with van der Waals surface area (Å²) in [6, 6.07) is 6.04. The second-order valence-corrected chi connectivity index (χ2v) is 4.44. The van der Waals surface area contributed by atoms with E-state index in [-0.39, 0.29) is 0 Å². The maximum atomic E-state index is 6.04. The zero-order valence-electron chi connectivity index (χ0n) is 11.8. The Hall–Kier alpha value is -1.77.